The summed E-state index contributed by atoms with van der Waals surface area (Å²) in [7, 11) is 0. The second kappa shape index (κ2) is 4.54. The highest BCUT2D eigenvalue weighted by atomic mass is 16.5. The molecule has 0 aliphatic carbocycles. The van der Waals surface area contributed by atoms with E-state index >= 15 is 0 Å². The van der Waals surface area contributed by atoms with Gasteiger partial charge in [0.25, 0.3) is 0 Å². The number of benzene rings is 1. The van der Waals surface area contributed by atoms with E-state index in [1.165, 1.54) is 12.0 Å². The fraction of sp³-hybridized carbons (Fsp3) is 0.300. The van der Waals surface area contributed by atoms with Crippen molar-refractivity contribution >= 4 is 6.47 Å². The monoisotopic (exact) mass is 163 g/mol. The van der Waals surface area contributed by atoms with Crippen LogP contribution in [0.4, 0.5) is 0 Å². The van der Waals surface area contributed by atoms with Crippen LogP contribution in [0.3, 0.4) is 0 Å². The summed E-state index contributed by atoms with van der Waals surface area (Å²) in [4.78, 5) is 9.90. The fourth-order valence-corrected chi connectivity index (χ4v) is 1.10. The minimum absolute atomic E-state index is 0.566. The van der Waals surface area contributed by atoms with E-state index < -0.39 is 0 Å². The van der Waals surface area contributed by atoms with Crippen molar-refractivity contribution in [3.8, 4) is 5.75 Å². The second-order valence-electron chi connectivity index (χ2n) is 2.58. The lowest BCUT2D eigenvalue weighted by atomic mass is 10.1. The van der Waals surface area contributed by atoms with E-state index in [4.69, 9.17) is 0 Å². The molecule has 1 aromatic carbocycles. The molecule has 0 aliphatic rings. The summed E-state index contributed by atoms with van der Waals surface area (Å²) < 4.78 is 4.59. The zero-order valence-corrected chi connectivity index (χ0v) is 7.04. The van der Waals surface area contributed by atoms with Gasteiger partial charge in [0.15, 0.2) is 0 Å². The Hall–Kier alpha value is -1.31. The van der Waals surface area contributed by atoms with Crippen LogP contribution >= 0.6 is 0 Å². The van der Waals surface area contributed by atoms with Crippen LogP contribution in [-0.4, -0.2) is 6.47 Å². The summed E-state index contributed by atoms with van der Waals surface area (Å²) in [5, 5.41) is 0. The zero-order chi connectivity index (χ0) is 8.81. The molecule has 0 spiro atoms. The molecule has 0 amide bonds. The molecule has 12 heavy (non-hydrogen) atoms. The number of ether oxygens (including phenoxy) is 1. The van der Waals surface area contributed by atoms with Crippen LogP contribution in [0.2, 0.25) is 0 Å². The Morgan fingerprint density at radius 2 is 2.33 bits per heavy atom. The van der Waals surface area contributed by atoms with E-state index in [1.807, 2.05) is 18.2 Å². The largest absolute Gasteiger partial charge is 0.423 e. The molecular formula is C10H11O2. The van der Waals surface area contributed by atoms with Gasteiger partial charge in [-0.2, -0.15) is 0 Å². The first-order chi connectivity index (χ1) is 5.86. The predicted octanol–water partition coefficient (Wildman–Crippen LogP) is 2.09. The van der Waals surface area contributed by atoms with E-state index in [0.717, 1.165) is 12.8 Å². The first-order valence-electron chi connectivity index (χ1n) is 3.99. The van der Waals surface area contributed by atoms with Crippen LogP contribution in [0.5, 0.6) is 5.75 Å². The molecule has 0 unspecified atom stereocenters. The number of hydrogen-bond donors (Lipinski definition) is 0. The highest BCUT2D eigenvalue weighted by Crippen LogP contribution is 2.13. The Morgan fingerprint density at radius 1 is 1.50 bits per heavy atom. The molecule has 0 N–H and O–H groups in total. The van der Waals surface area contributed by atoms with Crippen LogP contribution in [0, 0.1) is 0 Å². The zero-order valence-electron chi connectivity index (χ0n) is 7.04. The maximum Gasteiger partial charge on any atom is 0.423 e. The molecule has 2 heteroatoms. The smallest absolute Gasteiger partial charge is 0.418 e. The van der Waals surface area contributed by atoms with Crippen molar-refractivity contribution < 1.29 is 9.53 Å². The minimum Gasteiger partial charge on any atom is -0.418 e. The molecule has 0 fully saturated rings. The Balaban J connectivity index is 2.73. The summed E-state index contributed by atoms with van der Waals surface area (Å²) in [6.45, 7) is 3.51. The molecular weight excluding hydrogens is 152 g/mol. The molecule has 2 nitrogen and oxygen atoms in total. The lowest BCUT2D eigenvalue weighted by molar-refractivity contribution is 0.442. The normalized spacial score (nSPS) is 9.42. The molecule has 0 saturated carbocycles. The molecule has 0 atom stereocenters. The van der Waals surface area contributed by atoms with Gasteiger partial charge in [-0.1, -0.05) is 25.5 Å². The van der Waals surface area contributed by atoms with Gasteiger partial charge in [-0.05, 0) is 24.1 Å². The summed E-state index contributed by atoms with van der Waals surface area (Å²) >= 11 is 0. The van der Waals surface area contributed by atoms with Gasteiger partial charge in [0, 0.05) is 0 Å². The van der Waals surface area contributed by atoms with Gasteiger partial charge < -0.3 is 4.74 Å². The number of hydrogen-bond acceptors (Lipinski definition) is 2. The summed E-state index contributed by atoms with van der Waals surface area (Å²) in [5.41, 5.74) is 1.19. The number of rotatable bonds is 4. The Labute approximate surface area is 72.2 Å². The third kappa shape index (κ3) is 2.38. The molecule has 1 rings (SSSR count). The quantitative estimate of drug-likeness (QED) is 0.679. The summed E-state index contributed by atoms with van der Waals surface area (Å²) in [6, 6.07) is 7.48. The average Bonchev–Trinajstić information content (AvgIpc) is 2.06. The number of carbonyl (C=O) groups excluding carboxylic acids is 1. The van der Waals surface area contributed by atoms with E-state index in [-0.39, 0.29) is 0 Å². The maximum atomic E-state index is 9.90. The Kier molecular flexibility index (Phi) is 3.33. The summed E-state index contributed by atoms with van der Waals surface area (Å²) in [5.74, 6) is 0.566. The van der Waals surface area contributed by atoms with Crippen LogP contribution in [0.1, 0.15) is 18.9 Å². The fourth-order valence-electron chi connectivity index (χ4n) is 1.10. The lowest BCUT2D eigenvalue weighted by Gasteiger charge is -2.00. The van der Waals surface area contributed by atoms with Crippen LogP contribution in [-0.2, 0) is 11.2 Å². The highest BCUT2D eigenvalue weighted by Gasteiger charge is 1.95. The van der Waals surface area contributed by atoms with Crippen molar-refractivity contribution in [2.24, 2.45) is 0 Å². The highest BCUT2D eigenvalue weighted by molar-refractivity contribution is 5.46. The van der Waals surface area contributed by atoms with Crippen molar-refractivity contribution in [2.45, 2.75) is 19.8 Å². The van der Waals surface area contributed by atoms with Crippen molar-refractivity contribution in [1.82, 2.24) is 0 Å². The van der Waals surface area contributed by atoms with E-state index in [0.29, 0.717) is 5.75 Å². The third-order valence-electron chi connectivity index (χ3n) is 1.60. The molecule has 1 aromatic rings. The third-order valence-corrected chi connectivity index (χ3v) is 1.60. The molecule has 1 radical (unpaired) electrons. The van der Waals surface area contributed by atoms with Crippen molar-refractivity contribution in [3.05, 3.63) is 29.8 Å². The predicted molar refractivity (Wildman–Crippen MR) is 46.8 cm³/mol. The van der Waals surface area contributed by atoms with Crippen LogP contribution < -0.4 is 4.74 Å². The SMILES string of the molecule is CCCc1cccc(O[C]=O)c1. The van der Waals surface area contributed by atoms with Gasteiger partial charge in [-0.3, -0.25) is 0 Å². The molecule has 0 aromatic heterocycles. The molecule has 0 aliphatic heterocycles. The topological polar surface area (TPSA) is 26.3 Å². The van der Waals surface area contributed by atoms with Crippen molar-refractivity contribution in [2.75, 3.05) is 0 Å². The van der Waals surface area contributed by atoms with Gasteiger partial charge in [-0.25, -0.2) is 4.79 Å². The second-order valence-corrected chi connectivity index (χ2v) is 2.58. The van der Waals surface area contributed by atoms with Gasteiger partial charge in [0.1, 0.15) is 5.75 Å². The first-order valence-corrected chi connectivity index (χ1v) is 3.99. The van der Waals surface area contributed by atoms with Crippen molar-refractivity contribution in [3.63, 3.8) is 0 Å². The molecule has 0 heterocycles. The van der Waals surface area contributed by atoms with Crippen LogP contribution in [0.15, 0.2) is 24.3 Å². The molecule has 63 valence electrons. The first kappa shape index (κ1) is 8.78. The van der Waals surface area contributed by atoms with E-state index in [9.17, 15) is 4.79 Å². The van der Waals surface area contributed by atoms with Crippen LogP contribution in [0.25, 0.3) is 0 Å². The summed E-state index contributed by atoms with van der Waals surface area (Å²) in [6.07, 6.45) is 2.10. The number of aryl methyl sites for hydroxylation is 1. The van der Waals surface area contributed by atoms with Crippen molar-refractivity contribution in [1.29, 1.82) is 0 Å². The molecule has 0 bridgehead atoms. The molecule has 0 saturated heterocycles. The van der Waals surface area contributed by atoms with Gasteiger partial charge >= 0.3 is 6.47 Å². The van der Waals surface area contributed by atoms with E-state index in [2.05, 4.69) is 11.7 Å². The lowest BCUT2D eigenvalue weighted by Crippen LogP contribution is -1.89. The minimum atomic E-state index is 0.566. The van der Waals surface area contributed by atoms with Gasteiger partial charge in [0.2, 0.25) is 0 Å². The maximum absolute atomic E-state index is 9.90. The van der Waals surface area contributed by atoms with Gasteiger partial charge in [-0.15, -0.1) is 0 Å². The van der Waals surface area contributed by atoms with Gasteiger partial charge in [0.05, 0.1) is 0 Å². The Morgan fingerprint density at radius 3 is 3.00 bits per heavy atom. The Bertz CT molecular complexity index is 256. The average molecular weight is 163 g/mol. The standard InChI is InChI=1S/C10H11O2/c1-2-4-9-5-3-6-10(7-9)12-8-11/h3,5-7H,2,4H2,1H3. The van der Waals surface area contributed by atoms with E-state index in [1.54, 1.807) is 6.07 Å².